The van der Waals surface area contributed by atoms with Crippen LogP contribution >= 0.6 is 0 Å². The molecule has 7 atom stereocenters. The van der Waals surface area contributed by atoms with Crippen LogP contribution in [0.4, 0.5) is 0 Å². The van der Waals surface area contributed by atoms with Crippen molar-refractivity contribution in [2.45, 2.75) is 301 Å². The third-order valence-corrected chi connectivity index (χ3v) is 12.9. The highest BCUT2D eigenvalue weighted by atomic mass is 16.7. The molecule has 0 aromatic carbocycles. The minimum absolute atomic E-state index is 0.145. The molecule has 9 nitrogen and oxygen atoms in total. The molecule has 1 aliphatic heterocycles. The van der Waals surface area contributed by atoms with E-state index in [1.807, 2.05) is 0 Å². The fraction of sp³-hybridized carbons (Fsp3) is 0.942. The Balaban J connectivity index is 2.24. The average molecular weight is 868 g/mol. The molecule has 0 spiro atoms. The molecule has 0 bridgehead atoms. The van der Waals surface area contributed by atoms with Crippen molar-refractivity contribution in [3.63, 3.8) is 0 Å². The first kappa shape index (κ1) is 57.9. The SMILES string of the molecule is CCCCCCCCCCCC/C=C/CCCC[C@@H](O)[C@H](CO[C@H]1O[C@@H](CO)[C@H](O)C(O)C1O)NC(=O)CCCCCCCCCCCCCCCCCCCCCCCC. The molecule has 0 aliphatic carbocycles. The fourth-order valence-corrected chi connectivity index (χ4v) is 8.63. The van der Waals surface area contributed by atoms with Gasteiger partial charge in [-0.15, -0.1) is 0 Å². The number of amides is 1. The lowest BCUT2D eigenvalue weighted by Crippen LogP contribution is -2.60. The van der Waals surface area contributed by atoms with Gasteiger partial charge in [0.1, 0.15) is 24.4 Å². The Labute approximate surface area is 376 Å². The Bertz CT molecular complexity index is 966. The second-order valence-corrected chi connectivity index (χ2v) is 18.7. The van der Waals surface area contributed by atoms with Crippen LogP contribution in [0.3, 0.4) is 0 Å². The molecule has 0 aromatic heterocycles. The summed E-state index contributed by atoms with van der Waals surface area (Å²) in [7, 11) is 0. The topological polar surface area (TPSA) is 149 Å². The van der Waals surface area contributed by atoms with Crippen molar-refractivity contribution in [3.8, 4) is 0 Å². The zero-order valence-corrected chi connectivity index (χ0v) is 39.9. The van der Waals surface area contributed by atoms with E-state index in [0.717, 1.165) is 44.9 Å². The highest BCUT2D eigenvalue weighted by molar-refractivity contribution is 5.76. The van der Waals surface area contributed by atoms with Crippen molar-refractivity contribution in [2.24, 2.45) is 0 Å². The van der Waals surface area contributed by atoms with Gasteiger partial charge in [0.05, 0.1) is 25.4 Å². The summed E-state index contributed by atoms with van der Waals surface area (Å²) in [5.41, 5.74) is 0. The molecule has 0 radical (unpaired) electrons. The maximum Gasteiger partial charge on any atom is 0.220 e. The van der Waals surface area contributed by atoms with Gasteiger partial charge in [-0.2, -0.15) is 0 Å². The first-order valence-electron chi connectivity index (χ1n) is 26.4. The smallest absolute Gasteiger partial charge is 0.220 e. The number of carbonyl (C=O) groups is 1. The second kappa shape index (κ2) is 42.9. The molecule has 1 aliphatic rings. The van der Waals surface area contributed by atoms with Gasteiger partial charge in [0.2, 0.25) is 5.91 Å². The minimum atomic E-state index is -1.55. The molecule has 1 saturated heterocycles. The number of carbonyl (C=O) groups excluding carboxylic acids is 1. The number of hydrogen-bond acceptors (Lipinski definition) is 8. The van der Waals surface area contributed by atoms with E-state index in [-0.39, 0.29) is 12.5 Å². The number of hydrogen-bond donors (Lipinski definition) is 6. The van der Waals surface area contributed by atoms with Crippen LogP contribution in [0.2, 0.25) is 0 Å². The average Bonchev–Trinajstić information content (AvgIpc) is 3.26. The summed E-state index contributed by atoms with van der Waals surface area (Å²) in [6, 6.07) is -0.730. The Morgan fingerprint density at radius 2 is 0.918 bits per heavy atom. The summed E-state index contributed by atoms with van der Waals surface area (Å²) < 4.78 is 11.3. The summed E-state index contributed by atoms with van der Waals surface area (Å²) in [4.78, 5) is 13.0. The van der Waals surface area contributed by atoms with E-state index in [2.05, 4.69) is 31.3 Å². The first-order valence-corrected chi connectivity index (χ1v) is 26.4. The standard InChI is InChI=1S/C52H101NO8/c1-3-5-7-9-11-13-15-17-19-21-22-23-24-25-26-28-30-32-34-36-38-40-42-48(56)53-45(44-60-52-51(59)50(58)49(57)47(43-54)61-52)46(55)41-39-37-35-33-31-29-27-20-18-16-14-12-10-8-6-4-2/h31,33,45-47,49-52,54-55,57-59H,3-30,32,34-44H2,1-2H3,(H,53,56)/b33-31+/t45-,46+,47-,49-,50?,51?,52-/m0/s1. The normalized spacial score (nSPS) is 20.4. The molecular weight excluding hydrogens is 767 g/mol. The highest BCUT2D eigenvalue weighted by Crippen LogP contribution is 2.23. The molecule has 2 unspecified atom stereocenters. The lowest BCUT2D eigenvalue weighted by atomic mass is 9.99. The van der Waals surface area contributed by atoms with E-state index < -0.39 is 49.5 Å². The van der Waals surface area contributed by atoms with E-state index >= 15 is 0 Å². The predicted octanol–water partition coefficient (Wildman–Crippen LogP) is 12.1. The zero-order chi connectivity index (χ0) is 44.4. The van der Waals surface area contributed by atoms with E-state index in [1.54, 1.807) is 0 Å². The maximum atomic E-state index is 13.0. The lowest BCUT2D eigenvalue weighted by Gasteiger charge is -2.40. The summed E-state index contributed by atoms with van der Waals surface area (Å²) in [5.74, 6) is -0.149. The van der Waals surface area contributed by atoms with Gasteiger partial charge in [0.25, 0.3) is 0 Å². The molecular formula is C52H101NO8. The molecule has 1 amide bonds. The first-order chi connectivity index (χ1) is 29.8. The van der Waals surface area contributed by atoms with Crippen LogP contribution in [0.25, 0.3) is 0 Å². The Morgan fingerprint density at radius 1 is 0.541 bits per heavy atom. The molecule has 1 fully saturated rings. The highest BCUT2D eigenvalue weighted by Gasteiger charge is 2.44. The van der Waals surface area contributed by atoms with Gasteiger partial charge in [-0.1, -0.05) is 225 Å². The number of aliphatic hydroxyl groups excluding tert-OH is 5. The van der Waals surface area contributed by atoms with Crippen LogP contribution in [0.15, 0.2) is 12.2 Å². The van der Waals surface area contributed by atoms with Crippen LogP contribution in [0.1, 0.15) is 258 Å². The summed E-state index contributed by atoms with van der Waals surface area (Å²) in [6.07, 6.45) is 43.7. The lowest BCUT2D eigenvalue weighted by molar-refractivity contribution is -0.302. The quantitative estimate of drug-likeness (QED) is 0.0262. The maximum absolute atomic E-state index is 13.0. The number of aliphatic hydroxyl groups is 5. The summed E-state index contributed by atoms with van der Waals surface area (Å²) in [5, 5.41) is 54.5. The van der Waals surface area contributed by atoms with E-state index in [0.29, 0.717) is 12.8 Å². The zero-order valence-electron chi connectivity index (χ0n) is 39.9. The molecule has 0 saturated carbocycles. The predicted molar refractivity (Wildman–Crippen MR) is 254 cm³/mol. The molecule has 9 heteroatoms. The second-order valence-electron chi connectivity index (χ2n) is 18.7. The van der Waals surface area contributed by atoms with Crippen molar-refractivity contribution in [2.75, 3.05) is 13.2 Å². The van der Waals surface area contributed by atoms with Gasteiger partial charge >= 0.3 is 0 Å². The van der Waals surface area contributed by atoms with Crippen molar-refractivity contribution >= 4 is 5.91 Å². The molecule has 1 heterocycles. The van der Waals surface area contributed by atoms with Gasteiger partial charge in [0, 0.05) is 6.42 Å². The van der Waals surface area contributed by atoms with E-state index in [1.165, 1.54) is 186 Å². The number of nitrogens with one attached hydrogen (secondary N) is 1. The van der Waals surface area contributed by atoms with Gasteiger partial charge in [0.15, 0.2) is 6.29 Å². The number of ether oxygens (including phenoxy) is 2. The molecule has 1 rings (SSSR count). The monoisotopic (exact) mass is 868 g/mol. The summed E-state index contributed by atoms with van der Waals surface area (Å²) >= 11 is 0. The summed E-state index contributed by atoms with van der Waals surface area (Å²) in [6.45, 7) is 3.85. The third-order valence-electron chi connectivity index (χ3n) is 12.9. The van der Waals surface area contributed by atoms with Crippen LogP contribution in [-0.2, 0) is 14.3 Å². The number of unbranched alkanes of at least 4 members (excludes halogenated alkanes) is 33. The van der Waals surface area contributed by atoms with Crippen molar-refractivity contribution in [1.29, 1.82) is 0 Å². The van der Waals surface area contributed by atoms with Crippen molar-refractivity contribution < 1.29 is 39.8 Å². The van der Waals surface area contributed by atoms with Crippen LogP contribution < -0.4 is 5.32 Å². The number of rotatable bonds is 45. The largest absolute Gasteiger partial charge is 0.394 e. The number of allylic oxidation sites excluding steroid dienone is 2. The van der Waals surface area contributed by atoms with Crippen molar-refractivity contribution in [3.05, 3.63) is 12.2 Å². The minimum Gasteiger partial charge on any atom is -0.394 e. The van der Waals surface area contributed by atoms with Gasteiger partial charge in [-0.25, -0.2) is 0 Å². The van der Waals surface area contributed by atoms with Crippen LogP contribution in [-0.4, -0.2) is 87.5 Å². The molecule has 61 heavy (non-hydrogen) atoms. The van der Waals surface area contributed by atoms with Gasteiger partial charge in [-0.3, -0.25) is 4.79 Å². The van der Waals surface area contributed by atoms with Crippen molar-refractivity contribution in [1.82, 2.24) is 5.32 Å². The van der Waals surface area contributed by atoms with E-state index in [4.69, 9.17) is 9.47 Å². The van der Waals surface area contributed by atoms with Crippen LogP contribution in [0.5, 0.6) is 0 Å². The van der Waals surface area contributed by atoms with Gasteiger partial charge in [-0.05, 0) is 38.5 Å². The Kier molecular flexibility index (Phi) is 40.7. The Hall–Kier alpha value is -1.07. The molecule has 362 valence electrons. The molecule has 6 N–H and O–H groups in total. The third kappa shape index (κ3) is 33.1. The molecule has 0 aromatic rings. The fourth-order valence-electron chi connectivity index (χ4n) is 8.63. The van der Waals surface area contributed by atoms with Crippen LogP contribution in [0, 0.1) is 0 Å². The van der Waals surface area contributed by atoms with Gasteiger partial charge < -0.3 is 40.3 Å². The Morgan fingerprint density at radius 3 is 1.33 bits per heavy atom. The van der Waals surface area contributed by atoms with E-state index in [9.17, 15) is 30.3 Å².